The molecule has 1 fully saturated rings. The number of nitrogens with one attached hydrogen (secondary N) is 1. The van der Waals surface area contributed by atoms with Crippen molar-refractivity contribution in [2.75, 3.05) is 6.61 Å². The van der Waals surface area contributed by atoms with Crippen molar-refractivity contribution in [1.29, 1.82) is 0 Å². The van der Waals surface area contributed by atoms with Crippen LogP contribution >= 0.6 is 31.9 Å². The van der Waals surface area contributed by atoms with Gasteiger partial charge in [0.05, 0.1) is 15.6 Å². The van der Waals surface area contributed by atoms with E-state index in [1.807, 2.05) is 6.08 Å². The zero-order valence-corrected chi connectivity index (χ0v) is 15.5. The Bertz CT molecular complexity index is 449. The smallest absolute Gasteiger partial charge is 0.147 e. The minimum atomic E-state index is 0.731. The molecule has 1 aromatic carbocycles. The average Bonchev–Trinajstić information content (AvgIpc) is 3.27. The molecule has 0 heterocycles. The van der Waals surface area contributed by atoms with Crippen LogP contribution in [-0.2, 0) is 6.54 Å². The molecule has 0 aromatic heterocycles. The SMILES string of the molecule is C=CCCCCCOc1c(Br)cc(CNC2CC2)cc1Br. The van der Waals surface area contributed by atoms with Crippen LogP contribution in [0.5, 0.6) is 5.75 Å². The Balaban J connectivity index is 1.79. The number of allylic oxidation sites excluding steroid dienone is 1. The van der Waals surface area contributed by atoms with Crippen LogP contribution < -0.4 is 10.1 Å². The maximum atomic E-state index is 5.90. The van der Waals surface area contributed by atoms with E-state index in [2.05, 4.69) is 55.9 Å². The van der Waals surface area contributed by atoms with Crippen molar-refractivity contribution in [3.63, 3.8) is 0 Å². The van der Waals surface area contributed by atoms with Gasteiger partial charge in [0.1, 0.15) is 5.75 Å². The van der Waals surface area contributed by atoms with E-state index >= 15 is 0 Å². The number of benzene rings is 1. The minimum Gasteiger partial charge on any atom is -0.491 e. The number of ether oxygens (including phenoxy) is 1. The predicted molar refractivity (Wildman–Crippen MR) is 95.9 cm³/mol. The van der Waals surface area contributed by atoms with Crippen LogP contribution in [0.4, 0.5) is 0 Å². The largest absolute Gasteiger partial charge is 0.491 e. The molecule has 1 aromatic rings. The van der Waals surface area contributed by atoms with E-state index in [4.69, 9.17) is 4.74 Å². The molecule has 4 heteroatoms. The monoisotopic (exact) mass is 415 g/mol. The Morgan fingerprint density at radius 3 is 2.52 bits per heavy atom. The van der Waals surface area contributed by atoms with E-state index in [-0.39, 0.29) is 0 Å². The summed E-state index contributed by atoms with van der Waals surface area (Å²) in [5.74, 6) is 0.911. The lowest BCUT2D eigenvalue weighted by Gasteiger charge is -2.12. The topological polar surface area (TPSA) is 21.3 Å². The summed E-state index contributed by atoms with van der Waals surface area (Å²) in [4.78, 5) is 0. The molecule has 0 amide bonds. The fourth-order valence-electron chi connectivity index (χ4n) is 2.14. The minimum absolute atomic E-state index is 0.731. The van der Waals surface area contributed by atoms with E-state index in [0.29, 0.717) is 0 Å². The van der Waals surface area contributed by atoms with Gasteiger partial charge in [0, 0.05) is 12.6 Å². The van der Waals surface area contributed by atoms with Crippen molar-refractivity contribution in [3.05, 3.63) is 39.3 Å². The van der Waals surface area contributed by atoms with E-state index in [1.54, 1.807) is 0 Å². The average molecular weight is 417 g/mol. The van der Waals surface area contributed by atoms with Gasteiger partial charge in [-0.05, 0) is 88.1 Å². The Kier molecular flexibility index (Phi) is 7.27. The lowest BCUT2D eigenvalue weighted by Crippen LogP contribution is -2.15. The molecule has 0 spiro atoms. The Hall–Kier alpha value is -0.320. The second-order valence-corrected chi connectivity index (χ2v) is 7.24. The molecule has 1 aliphatic carbocycles. The van der Waals surface area contributed by atoms with Crippen LogP contribution in [0.1, 0.15) is 44.1 Å². The number of hydrogen-bond donors (Lipinski definition) is 1. The molecule has 0 unspecified atom stereocenters. The van der Waals surface area contributed by atoms with Gasteiger partial charge in [-0.1, -0.05) is 6.08 Å². The summed E-state index contributed by atoms with van der Waals surface area (Å²) in [7, 11) is 0. The van der Waals surface area contributed by atoms with Crippen molar-refractivity contribution in [2.45, 2.75) is 51.1 Å². The predicted octanol–water partition coefficient (Wildman–Crippen LogP) is 5.59. The molecule has 1 N–H and O–H groups in total. The van der Waals surface area contributed by atoms with Gasteiger partial charge in [0.15, 0.2) is 0 Å². The third-order valence-electron chi connectivity index (χ3n) is 3.53. The number of unbranched alkanes of at least 4 members (excludes halogenated alkanes) is 3. The molecule has 0 radical (unpaired) electrons. The fraction of sp³-hybridized carbons (Fsp3) is 0.529. The molecular formula is C17H23Br2NO. The normalized spacial score (nSPS) is 14.2. The van der Waals surface area contributed by atoms with Gasteiger partial charge < -0.3 is 10.1 Å². The zero-order chi connectivity index (χ0) is 15.1. The summed E-state index contributed by atoms with van der Waals surface area (Å²) in [6, 6.07) is 5.02. The number of rotatable bonds is 10. The van der Waals surface area contributed by atoms with E-state index < -0.39 is 0 Å². The first-order chi connectivity index (χ1) is 10.2. The first-order valence-electron chi connectivity index (χ1n) is 7.65. The van der Waals surface area contributed by atoms with Gasteiger partial charge in [-0.2, -0.15) is 0 Å². The van der Waals surface area contributed by atoms with Gasteiger partial charge in [0.25, 0.3) is 0 Å². The highest BCUT2D eigenvalue weighted by atomic mass is 79.9. The molecular weight excluding hydrogens is 394 g/mol. The molecule has 1 aliphatic rings. The van der Waals surface area contributed by atoms with E-state index in [1.165, 1.54) is 31.2 Å². The Labute approximate surface area is 144 Å². The van der Waals surface area contributed by atoms with Crippen LogP contribution in [0.15, 0.2) is 33.7 Å². The molecule has 2 nitrogen and oxygen atoms in total. The first-order valence-corrected chi connectivity index (χ1v) is 9.24. The van der Waals surface area contributed by atoms with Gasteiger partial charge in [-0.3, -0.25) is 0 Å². The quantitative estimate of drug-likeness (QED) is 0.396. The Morgan fingerprint density at radius 2 is 1.90 bits per heavy atom. The first kappa shape index (κ1) is 17.0. The number of hydrogen-bond acceptors (Lipinski definition) is 2. The molecule has 0 saturated heterocycles. The van der Waals surface area contributed by atoms with Crippen LogP contribution in [-0.4, -0.2) is 12.6 Å². The summed E-state index contributed by atoms with van der Waals surface area (Å²) in [5.41, 5.74) is 1.28. The third kappa shape index (κ3) is 6.13. The standard InChI is InChI=1S/C17H23Br2NO/c1-2-3-4-5-6-9-21-17-15(18)10-13(11-16(17)19)12-20-14-7-8-14/h2,10-11,14,20H,1,3-9,12H2. The van der Waals surface area contributed by atoms with Crippen molar-refractivity contribution in [3.8, 4) is 5.75 Å². The van der Waals surface area contributed by atoms with Crippen molar-refractivity contribution in [1.82, 2.24) is 5.32 Å². The van der Waals surface area contributed by atoms with Crippen molar-refractivity contribution < 1.29 is 4.74 Å². The molecule has 21 heavy (non-hydrogen) atoms. The second-order valence-electron chi connectivity index (χ2n) is 5.53. The summed E-state index contributed by atoms with van der Waals surface area (Å²) >= 11 is 7.24. The molecule has 116 valence electrons. The van der Waals surface area contributed by atoms with Gasteiger partial charge in [-0.15, -0.1) is 6.58 Å². The van der Waals surface area contributed by atoms with E-state index in [0.717, 1.165) is 46.7 Å². The van der Waals surface area contributed by atoms with Gasteiger partial charge >= 0.3 is 0 Å². The molecule has 1 saturated carbocycles. The fourth-order valence-corrected chi connectivity index (χ4v) is 3.65. The third-order valence-corrected chi connectivity index (χ3v) is 4.71. The van der Waals surface area contributed by atoms with Crippen LogP contribution in [0.3, 0.4) is 0 Å². The summed E-state index contributed by atoms with van der Waals surface area (Å²) in [6.07, 6.45) is 9.16. The summed E-state index contributed by atoms with van der Waals surface area (Å²) in [6.45, 7) is 5.42. The van der Waals surface area contributed by atoms with Crippen LogP contribution in [0.2, 0.25) is 0 Å². The van der Waals surface area contributed by atoms with Crippen molar-refractivity contribution in [2.24, 2.45) is 0 Å². The Morgan fingerprint density at radius 1 is 1.19 bits per heavy atom. The van der Waals surface area contributed by atoms with Crippen molar-refractivity contribution >= 4 is 31.9 Å². The second kappa shape index (κ2) is 8.96. The molecule has 2 rings (SSSR count). The highest BCUT2D eigenvalue weighted by Crippen LogP contribution is 2.35. The lowest BCUT2D eigenvalue weighted by molar-refractivity contribution is 0.302. The van der Waals surface area contributed by atoms with Gasteiger partial charge in [0.2, 0.25) is 0 Å². The van der Waals surface area contributed by atoms with Crippen LogP contribution in [0.25, 0.3) is 0 Å². The summed E-state index contributed by atoms with van der Waals surface area (Å²) < 4.78 is 7.95. The van der Waals surface area contributed by atoms with Gasteiger partial charge in [-0.25, -0.2) is 0 Å². The zero-order valence-electron chi connectivity index (χ0n) is 12.3. The molecule has 0 atom stereocenters. The number of halogens is 2. The highest BCUT2D eigenvalue weighted by Gasteiger charge is 2.20. The maximum Gasteiger partial charge on any atom is 0.147 e. The van der Waals surface area contributed by atoms with Crippen LogP contribution in [0, 0.1) is 0 Å². The summed E-state index contributed by atoms with van der Waals surface area (Å²) in [5, 5.41) is 3.53. The lowest BCUT2D eigenvalue weighted by atomic mass is 10.2. The highest BCUT2D eigenvalue weighted by molar-refractivity contribution is 9.11. The molecule has 0 bridgehead atoms. The maximum absolute atomic E-state index is 5.90. The molecule has 0 aliphatic heterocycles. The van der Waals surface area contributed by atoms with E-state index in [9.17, 15) is 0 Å².